The number of methoxy groups -OCH3 is 2. The highest BCUT2D eigenvalue weighted by Crippen LogP contribution is 2.40. The summed E-state index contributed by atoms with van der Waals surface area (Å²) >= 11 is 1.17. The summed E-state index contributed by atoms with van der Waals surface area (Å²) in [4.78, 5) is 12.7. The first kappa shape index (κ1) is 17.5. The molecule has 0 N–H and O–H groups in total. The molecule has 0 amide bonds. The molecule has 0 radical (unpaired) electrons. The van der Waals surface area contributed by atoms with Crippen molar-refractivity contribution in [1.29, 1.82) is 0 Å². The Balaban J connectivity index is 1.56. The maximum absolute atomic E-state index is 13.9. The molecule has 1 aliphatic carbocycles. The fourth-order valence-corrected chi connectivity index (χ4v) is 3.96. The van der Waals surface area contributed by atoms with Crippen LogP contribution in [-0.4, -0.2) is 35.5 Å². The zero-order valence-corrected chi connectivity index (χ0v) is 15.4. The number of carbonyl (C=O) groups excluding carboxylic acids is 1. The molecule has 0 saturated carbocycles. The van der Waals surface area contributed by atoms with Gasteiger partial charge in [-0.2, -0.15) is 0 Å². The second-order valence-electron chi connectivity index (χ2n) is 5.89. The number of carbonyl (C=O) groups is 1. The number of nitrogens with zero attached hydrogens (tertiary/aromatic N) is 2. The Morgan fingerprint density at radius 2 is 1.85 bits per heavy atom. The van der Waals surface area contributed by atoms with Crippen molar-refractivity contribution in [3.8, 4) is 23.0 Å². The summed E-state index contributed by atoms with van der Waals surface area (Å²) < 4.78 is 30.0. The Morgan fingerprint density at radius 3 is 2.59 bits per heavy atom. The van der Waals surface area contributed by atoms with Gasteiger partial charge in [-0.1, -0.05) is 23.9 Å². The van der Waals surface area contributed by atoms with Crippen LogP contribution in [0.15, 0.2) is 46.0 Å². The van der Waals surface area contributed by atoms with Crippen LogP contribution in [0, 0.1) is 5.82 Å². The van der Waals surface area contributed by atoms with E-state index in [2.05, 4.69) is 10.2 Å². The molecular weight excluding hydrogens is 371 g/mol. The van der Waals surface area contributed by atoms with Gasteiger partial charge in [0.2, 0.25) is 0 Å². The van der Waals surface area contributed by atoms with Gasteiger partial charge in [0.15, 0.2) is 17.3 Å². The second-order valence-corrected chi connectivity index (χ2v) is 7.05. The number of thioether (sulfide) groups is 1. The molecule has 1 aliphatic rings. The first-order chi connectivity index (χ1) is 13.1. The van der Waals surface area contributed by atoms with Crippen molar-refractivity contribution in [2.45, 2.75) is 16.9 Å². The number of hydrogen-bond donors (Lipinski definition) is 0. The number of hydrogen-bond acceptors (Lipinski definition) is 7. The van der Waals surface area contributed by atoms with Crippen molar-refractivity contribution in [3.63, 3.8) is 0 Å². The van der Waals surface area contributed by atoms with E-state index in [0.29, 0.717) is 23.5 Å². The van der Waals surface area contributed by atoms with E-state index in [1.165, 1.54) is 24.9 Å². The monoisotopic (exact) mass is 386 g/mol. The van der Waals surface area contributed by atoms with E-state index < -0.39 is 11.1 Å². The van der Waals surface area contributed by atoms with Crippen molar-refractivity contribution in [2.75, 3.05) is 14.2 Å². The summed E-state index contributed by atoms with van der Waals surface area (Å²) in [5.41, 5.74) is 1.70. The molecule has 4 rings (SSSR count). The Bertz CT molecular complexity index is 1020. The largest absolute Gasteiger partial charge is 0.493 e. The Kier molecular flexibility index (Phi) is 4.57. The maximum atomic E-state index is 13.9. The normalized spacial score (nSPS) is 15.7. The van der Waals surface area contributed by atoms with Gasteiger partial charge in [-0.05, 0) is 36.2 Å². The number of fused-ring (bicyclic) bond motifs is 1. The summed E-state index contributed by atoms with van der Waals surface area (Å²) in [6, 6.07) is 9.66. The third kappa shape index (κ3) is 3.16. The molecular formula is C19H15FN2O4S. The molecule has 0 bridgehead atoms. The second kappa shape index (κ2) is 7.03. The number of benzene rings is 2. The molecule has 0 spiro atoms. The number of ketones is 1. The lowest BCUT2D eigenvalue weighted by Crippen LogP contribution is -2.11. The third-order valence-electron chi connectivity index (χ3n) is 4.33. The lowest BCUT2D eigenvalue weighted by Gasteiger charge is -2.09. The minimum absolute atomic E-state index is 0.0402. The SMILES string of the molecule is COc1cc2c(cc1OC)C(=O)C(Sc1nnc(-c3ccccc3F)o1)C2. The molecule has 2 aromatic carbocycles. The van der Waals surface area contributed by atoms with Gasteiger partial charge in [0.1, 0.15) is 5.82 Å². The number of Topliss-reactive ketones (excluding diaryl/α,β-unsaturated/α-hetero) is 1. The van der Waals surface area contributed by atoms with Crippen LogP contribution in [0.1, 0.15) is 15.9 Å². The summed E-state index contributed by atoms with van der Waals surface area (Å²) in [6.45, 7) is 0. The first-order valence-electron chi connectivity index (χ1n) is 8.15. The van der Waals surface area contributed by atoms with E-state index in [9.17, 15) is 9.18 Å². The third-order valence-corrected chi connectivity index (χ3v) is 5.36. The topological polar surface area (TPSA) is 74.5 Å². The Labute approximate surface area is 158 Å². The van der Waals surface area contributed by atoms with Crippen molar-refractivity contribution < 1.29 is 23.1 Å². The Hall–Kier alpha value is -2.87. The highest BCUT2D eigenvalue weighted by atomic mass is 32.2. The molecule has 0 fully saturated rings. The number of ether oxygens (including phenoxy) is 2. The summed E-state index contributed by atoms with van der Waals surface area (Å²) in [5, 5.41) is 7.65. The zero-order valence-electron chi connectivity index (χ0n) is 14.6. The van der Waals surface area contributed by atoms with Gasteiger partial charge >= 0.3 is 0 Å². The van der Waals surface area contributed by atoms with Crippen LogP contribution in [0.4, 0.5) is 4.39 Å². The first-order valence-corrected chi connectivity index (χ1v) is 9.03. The molecule has 1 heterocycles. The summed E-state index contributed by atoms with van der Waals surface area (Å²) in [7, 11) is 3.08. The predicted octanol–water partition coefficient (Wildman–Crippen LogP) is 3.79. The van der Waals surface area contributed by atoms with Crippen LogP contribution in [0.3, 0.4) is 0 Å². The van der Waals surface area contributed by atoms with E-state index in [1.807, 2.05) is 6.07 Å². The molecule has 0 saturated heterocycles. The standard InChI is InChI=1S/C19H15FN2O4S/c1-24-14-7-10-8-16(17(23)12(10)9-15(14)25-2)27-19-22-21-18(26-19)11-5-3-4-6-13(11)20/h3-7,9,16H,8H2,1-2H3. The van der Waals surface area contributed by atoms with Crippen molar-refractivity contribution in [3.05, 3.63) is 53.3 Å². The maximum Gasteiger partial charge on any atom is 0.277 e. The quantitative estimate of drug-likeness (QED) is 0.660. The van der Waals surface area contributed by atoms with Gasteiger partial charge in [-0.15, -0.1) is 10.2 Å². The van der Waals surface area contributed by atoms with Crippen LogP contribution < -0.4 is 9.47 Å². The van der Waals surface area contributed by atoms with E-state index in [-0.39, 0.29) is 22.5 Å². The van der Waals surface area contributed by atoms with Crippen LogP contribution >= 0.6 is 11.8 Å². The fourth-order valence-electron chi connectivity index (χ4n) is 3.00. The number of aromatic nitrogens is 2. The molecule has 1 atom stereocenters. The molecule has 6 nitrogen and oxygen atoms in total. The average Bonchev–Trinajstić information content (AvgIpc) is 3.26. The van der Waals surface area contributed by atoms with Crippen LogP contribution in [-0.2, 0) is 6.42 Å². The van der Waals surface area contributed by atoms with Gasteiger partial charge < -0.3 is 13.9 Å². The van der Waals surface area contributed by atoms with Crippen LogP contribution in [0.5, 0.6) is 11.5 Å². The molecule has 27 heavy (non-hydrogen) atoms. The van der Waals surface area contributed by atoms with Crippen molar-refractivity contribution >= 4 is 17.5 Å². The fraction of sp³-hybridized carbons (Fsp3) is 0.211. The predicted molar refractivity (Wildman–Crippen MR) is 96.9 cm³/mol. The molecule has 0 aliphatic heterocycles. The van der Waals surface area contributed by atoms with E-state index in [4.69, 9.17) is 13.9 Å². The molecule has 1 unspecified atom stereocenters. The van der Waals surface area contributed by atoms with E-state index in [1.54, 1.807) is 31.4 Å². The highest BCUT2D eigenvalue weighted by molar-refractivity contribution is 8.00. The van der Waals surface area contributed by atoms with Crippen molar-refractivity contribution in [2.24, 2.45) is 0 Å². The summed E-state index contributed by atoms with van der Waals surface area (Å²) in [6.07, 6.45) is 0.511. The molecule has 3 aromatic rings. The smallest absolute Gasteiger partial charge is 0.277 e. The highest BCUT2D eigenvalue weighted by Gasteiger charge is 2.34. The number of halogens is 1. The summed E-state index contributed by atoms with van der Waals surface area (Å²) in [5.74, 6) is 0.689. The Morgan fingerprint density at radius 1 is 1.11 bits per heavy atom. The number of rotatable bonds is 5. The van der Waals surface area contributed by atoms with Crippen LogP contribution in [0.25, 0.3) is 11.5 Å². The minimum atomic E-state index is -0.443. The van der Waals surface area contributed by atoms with Gasteiger partial charge in [-0.25, -0.2) is 4.39 Å². The van der Waals surface area contributed by atoms with Gasteiger partial charge in [0, 0.05) is 5.56 Å². The van der Waals surface area contributed by atoms with Gasteiger partial charge in [0.25, 0.3) is 11.1 Å². The average molecular weight is 386 g/mol. The van der Waals surface area contributed by atoms with Gasteiger partial charge in [-0.3, -0.25) is 4.79 Å². The van der Waals surface area contributed by atoms with Crippen molar-refractivity contribution in [1.82, 2.24) is 10.2 Å². The molecule has 8 heteroatoms. The van der Waals surface area contributed by atoms with Crippen LogP contribution in [0.2, 0.25) is 0 Å². The van der Waals surface area contributed by atoms with Gasteiger partial charge in [0.05, 0.1) is 25.0 Å². The lowest BCUT2D eigenvalue weighted by molar-refractivity contribution is 0.0999. The lowest BCUT2D eigenvalue weighted by atomic mass is 10.1. The molecule has 1 aromatic heterocycles. The minimum Gasteiger partial charge on any atom is -0.493 e. The van der Waals surface area contributed by atoms with E-state index in [0.717, 1.165) is 5.56 Å². The molecule has 138 valence electrons. The van der Waals surface area contributed by atoms with E-state index >= 15 is 0 Å². The zero-order chi connectivity index (χ0) is 19.0.